The van der Waals surface area contributed by atoms with E-state index in [2.05, 4.69) is 31.1 Å². The number of nitrogens with one attached hydrogen (secondary N) is 3. The SMILES string of the molecule is Cc1ccc(Nc2ccc(NCCNC(=O)c3cc(=O)c4ccccc4o3)nn2)nc1. The van der Waals surface area contributed by atoms with Gasteiger partial charge in [0.05, 0.1) is 5.39 Å². The van der Waals surface area contributed by atoms with Crippen molar-refractivity contribution in [2.75, 3.05) is 23.7 Å². The number of para-hydroxylation sites is 1. The zero-order valence-corrected chi connectivity index (χ0v) is 16.8. The van der Waals surface area contributed by atoms with Crippen LogP contribution in [-0.2, 0) is 0 Å². The maximum atomic E-state index is 12.3. The van der Waals surface area contributed by atoms with Gasteiger partial charge in [-0.25, -0.2) is 4.98 Å². The number of nitrogens with zero attached hydrogens (tertiary/aromatic N) is 3. The zero-order chi connectivity index (χ0) is 21.6. The number of rotatable bonds is 7. The number of aromatic nitrogens is 3. The minimum absolute atomic E-state index is 0.0244. The lowest BCUT2D eigenvalue weighted by atomic mass is 10.2. The molecule has 0 aliphatic carbocycles. The Kier molecular flexibility index (Phi) is 5.84. The molecule has 1 amide bonds. The van der Waals surface area contributed by atoms with Crippen molar-refractivity contribution in [1.29, 1.82) is 0 Å². The number of hydrogen-bond acceptors (Lipinski definition) is 8. The highest BCUT2D eigenvalue weighted by Crippen LogP contribution is 2.13. The molecule has 1 aromatic carbocycles. The van der Waals surface area contributed by atoms with Crippen LogP contribution in [-0.4, -0.2) is 34.2 Å². The second-order valence-corrected chi connectivity index (χ2v) is 6.80. The first kappa shape index (κ1) is 20.0. The van der Waals surface area contributed by atoms with Gasteiger partial charge in [-0.2, -0.15) is 0 Å². The fourth-order valence-corrected chi connectivity index (χ4v) is 2.84. The number of aryl methyl sites for hydroxylation is 1. The number of pyridine rings is 1. The summed E-state index contributed by atoms with van der Waals surface area (Å²) < 4.78 is 5.52. The molecule has 0 aliphatic heterocycles. The normalized spacial score (nSPS) is 10.6. The number of amides is 1. The average molecular weight is 416 g/mol. The molecule has 3 aromatic heterocycles. The van der Waals surface area contributed by atoms with Crippen LogP contribution in [0.15, 0.2) is 70.0 Å². The Hall–Kier alpha value is -4.27. The van der Waals surface area contributed by atoms with Crippen LogP contribution in [0.3, 0.4) is 0 Å². The van der Waals surface area contributed by atoms with Gasteiger partial charge in [-0.05, 0) is 42.8 Å². The van der Waals surface area contributed by atoms with Crippen molar-refractivity contribution in [3.05, 3.63) is 82.3 Å². The highest BCUT2D eigenvalue weighted by atomic mass is 16.3. The van der Waals surface area contributed by atoms with Crippen LogP contribution in [0.4, 0.5) is 17.5 Å². The van der Waals surface area contributed by atoms with E-state index in [4.69, 9.17) is 4.42 Å². The number of benzene rings is 1. The molecule has 0 spiro atoms. The van der Waals surface area contributed by atoms with Gasteiger partial charge in [-0.15, -0.1) is 10.2 Å². The fourth-order valence-electron chi connectivity index (χ4n) is 2.84. The van der Waals surface area contributed by atoms with Gasteiger partial charge in [0, 0.05) is 25.4 Å². The predicted octanol–water partition coefficient (Wildman–Crippen LogP) is 2.87. The van der Waals surface area contributed by atoms with Gasteiger partial charge < -0.3 is 20.4 Å². The molecular formula is C22H20N6O3. The van der Waals surface area contributed by atoms with Gasteiger partial charge in [0.1, 0.15) is 17.2 Å². The van der Waals surface area contributed by atoms with Crippen molar-refractivity contribution >= 4 is 34.3 Å². The number of anilines is 3. The largest absolute Gasteiger partial charge is 0.451 e. The summed E-state index contributed by atoms with van der Waals surface area (Å²) in [6.07, 6.45) is 1.77. The van der Waals surface area contributed by atoms with Gasteiger partial charge in [0.2, 0.25) is 0 Å². The van der Waals surface area contributed by atoms with Crippen molar-refractivity contribution in [3.8, 4) is 0 Å². The third kappa shape index (κ3) is 5.02. The molecule has 0 radical (unpaired) electrons. The van der Waals surface area contributed by atoms with Crippen LogP contribution in [0.25, 0.3) is 11.0 Å². The molecule has 0 bridgehead atoms. The Morgan fingerprint density at radius 1 is 0.968 bits per heavy atom. The predicted molar refractivity (Wildman–Crippen MR) is 118 cm³/mol. The summed E-state index contributed by atoms with van der Waals surface area (Å²) in [5.41, 5.74) is 1.20. The van der Waals surface area contributed by atoms with Gasteiger partial charge in [-0.3, -0.25) is 9.59 Å². The average Bonchev–Trinajstić information content (AvgIpc) is 2.79. The molecule has 156 valence electrons. The first-order valence-corrected chi connectivity index (χ1v) is 9.67. The van der Waals surface area contributed by atoms with E-state index < -0.39 is 5.91 Å². The Morgan fingerprint density at radius 3 is 2.52 bits per heavy atom. The molecule has 3 heterocycles. The maximum absolute atomic E-state index is 12.3. The molecular weight excluding hydrogens is 396 g/mol. The number of hydrogen-bond donors (Lipinski definition) is 3. The minimum Gasteiger partial charge on any atom is -0.451 e. The Morgan fingerprint density at radius 2 is 1.74 bits per heavy atom. The topological polar surface area (TPSA) is 122 Å². The first-order valence-electron chi connectivity index (χ1n) is 9.67. The monoisotopic (exact) mass is 416 g/mol. The van der Waals surface area contributed by atoms with E-state index in [1.807, 2.05) is 19.1 Å². The number of fused-ring (bicyclic) bond motifs is 1. The van der Waals surface area contributed by atoms with Crippen molar-refractivity contribution in [1.82, 2.24) is 20.5 Å². The summed E-state index contributed by atoms with van der Waals surface area (Å²) in [6, 6.07) is 15.4. The second-order valence-electron chi connectivity index (χ2n) is 6.80. The third-order valence-electron chi connectivity index (χ3n) is 4.41. The molecule has 0 saturated carbocycles. The van der Waals surface area contributed by atoms with Crippen molar-refractivity contribution in [2.24, 2.45) is 0 Å². The molecule has 4 aromatic rings. The Labute approximate surface area is 177 Å². The summed E-state index contributed by atoms with van der Waals surface area (Å²) in [5, 5.41) is 17.5. The summed E-state index contributed by atoms with van der Waals surface area (Å²) in [5.74, 6) is 1.34. The van der Waals surface area contributed by atoms with Gasteiger partial charge >= 0.3 is 0 Å². The standard InChI is InChI=1S/C22H20N6O3/c1-14-6-7-19(25-13-14)26-21-9-8-20(27-28-21)23-10-11-24-22(30)18-12-16(29)15-4-2-3-5-17(15)31-18/h2-9,12-13H,10-11H2,1H3,(H,23,27)(H,24,30)(H,25,26,28). The molecule has 0 aliphatic rings. The maximum Gasteiger partial charge on any atom is 0.287 e. The molecule has 0 atom stereocenters. The van der Waals surface area contributed by atoms with Crippen molar-refractivity contribution in [3.63, 3.8) is 0 Å². The van der Waals surface area contributed by atoms with Crippen LogP contribution >= 0.6 is 0 Å². The van der Waals surface area contributed by atoms with Gasteiger partial charge in [-0.1, -0.05) is 18.2 Å². The Balaban J connectivity index is 1.27. The van der Waals surface area contributed by atoms with E-state index in [1.54, 1.807) is 42.6 Å². The lowest BCUT2D eigenvalue weighted by molar-refractivity contribution is 0.0928. The Bertz CT molecular complexity index is 1250. The van der Waals surface area contributed by atoms with Crippen molar-refractivity contribution < 1.29 is 9.21 Å². The smallest absolute Gasteiger partial charge is 0.287 e. The molecule has 3 N–H and O–H groups in total. The van der Waals surface area contributed by atoms with Crippen LogP contribution in [0.2, 0.25) is 0 Å². The van der Waals surface area contributed by atoms with Crippen molar-refractivity contribution in [2.45, 2.75) is 6.92 Å². The van der Waals surface area contributed by atoms with E-state index >= 15 is 0 Å². The highest BCUT2D eigenvalue weighted by Gasteiger charge is 2.11. The molecule has 4 rings (SSSR count). The highest BCUT2D eigenvalue weighted by molar-refractivity contribution is 5.93. The lowest BCUT2D eigenvalue weighted by Crippen LogP contribution is -2.29. The second kappa shape index (κ2) is 9.04. The van der Waals surface area contributed by atoms with E-state index in [0.717, 1.165) is 5.56 Å². The van der Waals surface area contributed by atoms with E-state index in [9.17, 15) is 9.59 Å². The van der Waals surface area contributed by atoms with Crippen LogP contribution in [0.1, 0.15) is 16.1 Å². The van der Waals surface area contributed by atoms with E-state index in [0.29, 0.717) is 41.5 Å². The van der Waals surface area contributed by atoms with Crippen LogP contribution in [0.5, 0.6) is 0 Å². The zero-order valence-electron chi connectivity index (χ0n) is 16.8. The van der Waals surface area contributed by atoms with Gasteiger partial charge in [0.15, 0.2) is 17.0 Å². The fraction of sp³-hybridized carbons (Fsp3) is 0.136. The molecule has 9 heteroatoms. The number of carbonyl (C=O) groups excluding carboxylic acids is 1. The molecule has 31 heavy (non-hydrogen) atoms. The molecule has 9 nitrogen and oxygen atoms in total. The molecule has 0 saturated heterocycles. The summed E-state index contributed by atoms with van der Waals surface area (Å²) >= 11 is 0. The molecule has 0 fully saturated rings. The van der Waals surface area contributed by atoms with Crippen LogP contribution in [0, 0.1) is 6.92 Å². The first-order chi connectivity index (χ1) is 15.1. The number of carbonyl (C=O) groups is 1. The summed E-state index contributed by atoms with van der Waals surface area (Å²) in [4.78, 5) is 28.6. The van der Waals surface area contributed by atoms with Gasteiger partial charge in [0.25, 0.3) is 5.91 Å². The van der Waals surface area contributed by atoms with Crippen LogP contribution < -0.4 is 21.4 Å². The summed E-state index contributed by atoms with van der Waals surface area (Å²) in [6.45, 7) is 2.70. The molecule has 0 unspecified atom stereocenters. The minimum atomic E-state index is -0.458. The summed E-state index contributed by atoms with van der Waals surface area (Å²) in [7, 11) is 0. The third-order valence-corrected chi connectivity index (χ3v) is 4.41. The van der Waals surface area contributed by atoms with E-state index in [-0.39, 0.29) is 11.2 Å². The lowest BCUT2D eigenvalue weighted by Gasteiger charge is -2.08. The van der Waals surface area contributed by atoms with E-state index in [1.165, 1.54) is 6.07 Å². The quantitative estimate of drug-likeness (QED) is 0.393.